The topological polar surface area (TPSA) is 59.9 Å². The van der Waals surface area contributed by atoms with Crippen molar-refractivity contribution in [3.05, 3.63) is 54.1 Å². The molecule has 2 aliphatic heterocycles. The molecule has 3 aliphatic rings. The molecule has 152 valence electrons. The first kappa shape index (κ1) is 20.3. The highest BCUT2D eigenvalue weighted by Gasteiger charge is 2.32. The molecule has 3 N–H and O–H groups in total. The lowest BCUT2D eigenvalue weighted by Gasteiger charge is -2.35. The number of nitrogens with zero attached hydrogens (tertiary/aromatic N) is 2. The second kappa shape index (κ2) is 8.71. The summed E-state index contributed by atoms with van der Waals surface area (Å²) in [4.78, 5) is 6.36. The summed E-state index contributed by atoms with van der Waals surface area (Å²) in [7, 11) is 0. The number of fused-ring (bicyclic) bond motifs is 1. The molecule has 3 rings (SSSR count). The van der Waals surface area contributed by atoms with Gasteiger partial charge in [0.2, 0.25) is 0 Å². The Morgan fingerprint density at radius 3 is 3.00 bits per heavy atom. The van der Waals surface area contributed by atoms with Crippen LogP contribution < -0.4 is 10.6 Å². The minimum absolute atomic E-state index is 0.0897. The van der Waals surface area contributed by atoms with E-state index in [1.165, 1.54) is 5.57 Å². The molecule has 0 spiro atoms. The normalized spacial score (nSPS) is 25.0. The average molecular weight is 394 g/mol. The predicted molar refractivity (Wildman–Crippen MR) is 102 cm³/mol. The first-order valence-corrected chi connectivity index (χ1v) is 9.36. The van der Waals surface area contributed by atoms with Gasteiger partial charge in [0.25, 0.3) is 0 Å². The highest BCUT2D eigenvalue weighted by molar-refractivity contribution is 5.47. The Balaban J connectivity index is 1.60. The van der Waals surface area contributed by atoms with Crippen LogP contribution in [-0.4, -0.2) is 47.5 Å². The van der Waals surface area contributed by atoms with E-state index in [0.717, 1.165) is 25.1 Å². The quantitative estimate of drug-likeness (QED) is 0.353. The van der Waals surface area contributed by atoms with Gasteiger partial charge in [0, 0.05) is 42.9 Å². The smallest absolute Gasteiger partial charge is 0.374 e. The highest BCUT2D eigenvalue weighted by Crippen LogP contribution is 2.32. The second-order valence-corrected chi connectivity index (χ2v) is 7.10. The van der Waals surface area contributed by atoms with E-state index in [4.69, 9.17) is 0 Å². The van der Waals surface area contributed by atoms with E-state index < -0.39 is 18.8 Å². The van der Waals surface area contributed by atoms with Crippen LogP contribution in [0.15, 0.2) is 59.0 Å². The number of aliphatic hydroxyl groups is 1. The number of nitrogens with one attached hydrogen (secondary N) is 2. The third-order valence-electron chi connectivity index (χ3n) is 5.01. The van der Waals surface area contributed by atoms with Crippen LogP contribution in [0.5, 0.6) is 0 Å². The Bertz CT molecular complexity index is 747. The molecule has 0 aromatic carbocycles. The van der Waals surface area contributed by atoms with Gasteiger partial charge in [-0.1, -0.05) is 12.2 Å². The van der Waals surface area contributed by atoms with Crippen LogP contribution in [0.25, 0.3) is 0 Å². The molecule has 3 atom stereocenters. The van der Waals surface area contributed by atoms with Gasteiger partial charge in [0.15, 0.2) is 0 Å². The number of rotatable bonds is 7. The van der Waals surface area contributed by atoms with Crippen molar-refractivity contribution in [2.45, 2.75) is 44.3 Å². The van der Waals surface area contributed by atoms with Crippen LogP contribution >= 0.6 is 0 Å². The molecular formula is C20H25F3N4O. The number of halogens is 3. The third kappa shape index (κ3) is 5.30. The summed E-state index contributed by atoms with van der Waals surface area (Å²) in [5.41, 5.74) is 3.03. The summed E-state index contributed by atoms with van der Waals surface area (Å²) in [5.74, 6) is 2.65. The van der Waals surface area contributed by atoms with E-state index in [2.05, 4.69) is 39.1 Å². The molecule has 5 nitrogen and oxygen atoms in total. The zero-order valence-corrected chi connectivity index (χ0v) is 15.5. The number of hydrogen-bond acceptors (Lipinski definition) is 5. The van der Waals surface area contributed by atoms with Gasteiger partial charge in [-0.3, -0.25) is 0 Å². The summed E-state index contributed by atoms with van der Waals surface area (Å²) in [6.07, 6.45) is 4.81. The molecule has 0 saturated carbocycles. The van der Waals surface area contributed by atoms with Crippen molar-refractivity contribution in [1.82, 2.24) is 15.5 Å². The summed E-state index contributed by atoms with van der Waals surface area (Å²) in [6.45, 7) is 4.97. The SMILES string of the molecule is C=C=NCC1=CC2NC=C(C3C=C(NC(O)CCC(F)(F)F)C=CC3)N2CC1. The minimum Gasteiger partial charge on any atom is -0.374 e. The Morgan fingerprint density at radius 2 is 2.25 bits per heavy atom. The molecule has 0 fully saturated rings. The van der Waals surface area contributed by atoms with Gasteiger partial charge in [-0.25, -0.2) is 4.99 Å². The molecule has 0 aromatic heterocycles. The Hall–Kier alpha value is -2.44. The number of aliphatic hydroxyl groups excluding tert-OH is 1. The Labute approximate surface area is 162 Å². The summed E-state index contributed by atoms with van der Waals surface area (Å²) < 4.78 is 36.9. The van der Waals surface area contributed by atoms with Gasteiger partial charge in [-0.2, -0.15) is 13.2 Å². The lowest BCUT2D eigenvalue weighted by atomic mass is 9.94. The minimum atomic E-state index is -4.27. The van der Waals surface area contributed by atoms with E-state index in [-0.39, 0.29) is 18.5 Å². The fourth-order valence-corrected chi connectivity index (χ4v) is 3.64. The highest BCUT2D eigenvalue weighted by atomic mass is 19.4. The maximum atomic E-state index is 12.3. The van der Waals surface area contributed by atoms with Crippen molar-refractivity contribution in [2.24, 2.45) is 10.9 Å². The van der Waals surface area contributed by atoms with Crippen molar-refractivity contribution in [3.63, 3.8) is 0 Å². The molecule has 0 bridgehead atoms. The van der Waals surface area contributed by atoms with Crippen molar-refractivity contribution < 1.29 is 18.3 Å². The second-order valence-electron chi connectivity index (χ2n) is 7.10. The lowest BCUT2D eigenvalue weighted by Crippen LogP contribution is -2.40. The van der Waals surface area contributed by atoms with Gasteiger partial charge in [-0.15, -0.1) is 0 Å². The van der Waals surface area contributed by atoms with Crippen molar-refractivity contribution in [3.8, 4) is 0 Å². The lowest BCUT2D eigenvalue weighted by molar-refractivity contribution is -0.140. The first-order valence-electron chi connectivity index (χ1n) is 9.36. The molecule has 0 amide bonds. The standard InChI is InChI=1S/C20H25F3N4O/c1-2-24-12-14-7-9-27-17(13-25-18(27)10-14)15-4-3-5-16(11-15)26-19(28)6-8-20(21,22)23/h3,5,10-11,13,15,18-19,25-26,28H,1,4,6-9,12H2. The Kier molecular flexibility index (Phi) is 6.31. The van der Waals surface area contributed by atoms with Gasteiger partial charge >= 0.3 is 6.18 Å². The summed E-state index contributed by atoms with van der Waals surface area (Å²) in [5, 5.41) is 16.0. The van der Waals surface area contributed by atoms with E-state index in [0.29, 0.717) is 12.2 Å². The van der Waals surface area contributed by atoms with Gasteiger partial charge < -0.3 is 20.6 Å². The van der Waals surface area contributed by atoms with E-state index >= 15 is 0 Å². The van der Waals surface area contributed by atoms with Gasteiger partial charge in [-0.05, 0) is 43.0 Å². The summed E-state index contributed by atoms with van der Waals surface area (Å²) in [6, 6.07) is 0. The maximum Gasteiger partial charge on any atom is 0.389 e. The van der Waals surface area contributed by atoms with E-state index in [1.807, 2.05) is 18.4 Å². The number of aliphatic imine (C=N–C) groups is 1. The van der Waals surface area contributed by atoms with Crippen LogP contribution in [0.2, 0.25) is 0 Å². The number of allylic oxidation sites excluding steroid dienone is 3. The third-order valence-corrected chi connectivity index (χ3v) is 5.01. The largest absolute Gasteiger partial charge is 0.389 e. The predicted octanol–water partition coefficient (Wildman–Crippen LogP) is 2.96. The number of hydrogen-bond donors (Lipinski definition) is 3. The molecule has 0 aromatic rings. The molecular weight excluding hydrogens is 369 g/mol. The van der Waals surface area contributed by atoms with Crippen LogP contribution in [0, 0.1) is 5.92 Å². The molecule has 1 aliphatic carbocycles. The van der Waals surface area contributed by atoms with Crippen LogP contribution in [0.3, 0.4) is 0 Å². The van der Waals surface area contributed by atoms with Crippen molar-refractivity contribution >= 4 is 5.87 Å². The maximum absolute atomic E-state index is 12.3. The Morgan fingerprint density at radius 1 is 1.43 bits per heavy atom. The molecule has 2 heterocycles. The van der Waals surface area contributed by atoms with E-state index in [1.54, 1.807) is 6.08 Å². The zero-order valence-electron chi connectivity index (χ0n) is 15.5. The molecule has 3 unspecified atom stereocenters. The average Bonchev–Trinajstić information content (AvgIpc) is 3.07. The number of alkyl halides is 3. The van der Waals surface area contributed by atoms with Crippen LogP contribution in [-0.2, 0) is 0 Å². The van der Waals surface area contributed by atoms with Crippen LogP contribution in [0.1, 0.15) is 25.7 Å². The van der Waals surface area contributed by atoms with Gasteiger partial charge in [0.05, 0.1) is 6.54 Å². The molecule has 0 radical (unpaired) electrons. The zero-order chi connectivity index (χ0) is 20.1. The summed E-state index contributed by atoms with van der Waals surface area (Å²) >= 11 is 0. The monoisotopic (exact) mass is 394 g/mol. The molecule has 28 heavy (non-hydrogen) atoms. The first-order chi connectivity index (χ1) is 13.4. The van der Waals surface area contributed by atoms with Crippen molar-refractivity contribution in [1.29, 1.82) is 0 Å². The molecule has 0 saturated heterocycles. The van der Waals surface area contributed by atoms with E-state index in [9.17, 15) is 18.3 Å². The fraction of sp³-hybridized carbons (Fsp3) is 0.500. The fourth-order valence-electron chi connectivity index (χ4n) is 3.64. The molecule has 8 heteroatoms. The van der Waals surface area contributed by atoms with Crippen LogP contribution in [0.4, 0.5) is 13.2 Å². The van der Waals surface area contributed by atoms with Gasteiger partial charge in [0.1, 0.15) is 12.4 Å². The van der Waals surface area contributed by atoms with Crippen molar-refractivity contribution in [2.75, 3.05) is 13.1 Å².